The van der Waals surface area contributed by atoms with Crippen molar-refractivity contribution in [3.05, 3.63) is 66.9 Å². The molecule has 2 N–H and O–H groups in total. The zero-order chi connectivity index (χ0) is 19.1. The highest BCUT2D eigenvalue weighted by Gasteiger charge is 2.23. The fourth-order valence-electron chi connectivity index (χ4n) is 3.50. The maximum Gasteiger partial charge on any atom is 0.323 e. The Morgan fingerprint density at radius 1 is 1.07 bits per heavy atom. The normalized spacial score (nSPS) is 13.9. The summed E-state index contributed by atoms with van der Waals surface area (Å²) in [6, 6.07) is 12.4. The van der Waals surface area contributed by atoms with E-state index in [0.29, 0.717) is 30.2 Å². The van der Waals surface area contributed by atoms with Crippen molar-refractivity contribution in [1.29, 1.82) is 0 Å². The third-order valence-electron chi connectivity index (χ3n) is 4.90. The van der Waals surface area contributed by atoms with Crippen molar-refractivity contribution < 1.29 is 9.18 Å². The van der Waals surface area contributed by atoms with E-state index < -0.39 is 0 Å². The molecule has 28 heavy (non-hydrogen) atoms. The largest absolute Gasteiger partial charge is 0.361 e. The number of carbonyl (C=O) groups excluding carboxylic acids is 1. The molecule has 2 aromatic carbocycles. The van der Waals surface area contributed by atoms with Crippen LogP contribution in [-0.4, -0.2) is 34.1 Å². The van der Waals surface area contributed by atoms with Gasteiger partial charge in [0.2, 0.25) is 0 Å². The molecule has 2 amide bonds. The van der Waals surface area contributed by atoms with Crippen LogP contribution in [0.15, 0.2) is 61.1 Å². The number of carbonyl (C=O) groups is 1. The van der Waals surface area contributed by atoms with Crippen LogP contribution in [0.25, 0.3) is 33.3 Å². The Morgan fingerprint density at radius 3 is 2.79 bits per heavy atom. The molecule has 0 bridgehead atoms. The van der Waals surface area contributed by atoms with Gasteiger partial charge in [0, 0.05) is 46.9 Å². The van der Waals surface area contributed by atoms with E-state index in [0.717, 1.165) is 22.0 Å². The highest BCUT2D eigenvalue weighted by Crippen LogP contribution is 2.33. The second kappa shape index (κ2) is 6.45. The summed E-state index contributed by atoms with van der Waals surface area (Å²) in [5.41, 5.74) is 3.74. The summed E-state index contributed by atoms with van der Waals surface area (Å²) in [5.74, 6) is 0.242. The molecule has 0 aliphatic carbocycles. The zero-order valence-electron chi connectivity index (χ0n) is 14.8. The molecule has 1 fully saturated rings. The number of benzene rings is 2. The van der Waals surface area contributed by atoms with Gasteiger partial charge in [0.25, 0.3) is 0 Å². The average molecular weight is 373 g/mol. The molecule has 0 saturated carbocycles. The lowest BCUT2D eigenvalue weighted by atomic mass is 10.0. The molecular weight excluding hydrogens is 357 g/mol. The number of fused-ring (bicyclic) bond motifs is 1. The van der Waals surface area contributed by atoms with E-state index in [1.807, 2.05) is 30.5 Å². The van der Waals surface area contributed by atoms with E-state index in [9.17, 15) is 9.18 Å². The zero-order valence-corrected chi connectivity index (χ0v) is 14.8. The molecule has 7 heteroatoms. The molecule has 4 aromatic rings. The first kappa shape index (κ1) is 16.4. The Labute approximate surface area is 160 Å². The third kappa shape index (κ3) is 2.68. The van der Waals surface area contributed by atoms with Crippen molar-refractivity contribution in [2.24, 2.45) is 0 Å². The maximum absolute atomic E-state index is 14.3. The number of halogens is 1. The fourth-order valence-corrected chi connectivity index (χ4v) is 3.50. The average Bonchev–Trinajstić information content (AvgIpc) is 3.34. The van der Waals surface area contributed by atoms with Gasteiger partial charge in [-0.15, -0.1) is 0 Å². The van der Waals surface area contributed by atoms with Crippen molar-refractivity contribution in [3.63, 3.8) is 0 Å². The van der Waals surface area contributed by atoms with Crippen LogP contribution in [0.5, 0.6) is 0 Å². The van der Waals surface area contributed by atoms with Crippen LogP contribution < -0.4 is 10.2 Å². The number of aromatic nitrogens is 3. The summed E-state index contributed by atoms with van der Waals surface area (Å²) in [7, 11) is 0. The van der Waals surface area contributed by atoms with Gasteiger partial charge in [0.1, 0.15) is 5.82 Å². The van der Waals surface area contributed by atoms with Crippen LogP contribution in [0.3, 0.4) is 0 Å². The lowest BCUT2D eigenvalue weighted by Crippen LogP contribution is -2.28. The molecule has 0 spiro atoms. The smallest absolute Gasteiger partial charge is 0.323 e. The molecule has 0 radical (unpaired) electrons. The van der Waals surface area contributed by atoms with Gasteiger partial charge in [-0.3, -0.25) is 9.88 Å². The predicted octanol–water partition coefficient (Wildman–Crippen LogP) is 3.96. The summed E-state index contributed by atoms with van der Waals surface area (Å²) in [4.78, 5) is 25.5. The Balaban J connectivity index is 1.60. The van der Waals surface area contributed by atoms with Gasteiger partial charge in [0.15, 0.2) is 5.82 Å². The molecule has 138 valence electrons. The van der Waals surface area contributed by atoms with Gasteiger partial charge in [-0.1, -0.05) is 24.3 Å². The Kier molecular flexibility index (Phi) is 3.79. The Hall–Kier alpha value is -3.74. The first-order valence-corrected chi connectivity index (χ1v) is 8.94. The highest BCUT2D eigenvalue weighted by molar-refractivity contribution is 5.98. The summed E-state index contributed by atoms with van der Waals surface area (Å²) >= 11 is 0. The monoisotopic (exact) mass is 373 g/mol. The third-order valence-corrected chi connectivity index (χ3v) is 4.90. The molecule has 2 aromatic heterocycles. The van der Waals surface area contributed by atoms with E-state index in [1.54, 1.807) is 29.4 Å². The highest BCUT2D eigenvalue weighted by atomic mass is 19.1. The summed E-state index contributed by atoms with van der Waals surface area (Å²) in [6.45, 7) is 1.15. The van der Waals surface area contributed by atoms with Gasteiger partial charge in [-0.25, -0.2) is 14.2 Å². The number of nitrogens with zero attached hydrogens (tertiary/aromatic N) is 3. The lowest BCUT2D eigenvalue weighted by molar-refractivity contribution is 0.252. The minimum atomic E-state index is -0.268. The van der Waals surface area contributed by atoms with Crippen LogP contribution >= 0.6 is 0 Å². The molecule has 1 aliphatic heterocycles. The second-order valence-corrected chi connectivity index (χ2v) is 6.59. The molecular formula is C21H16FN5O. The van der Waals surface area contributed by atoms with E-state index in [-0.39, 0.29) is 11.8 Å². The molecule has 6 nitrogen and oxygen atoms in total. The predicted molar refractivity (Wildman–Crippen MR) is 105 cm³/mol. The number of amides is 2. The Morgan fingerprint density at radius 2 is 1.96 bits per heavy atom. The fraction of sp³-hybridized carbons (Fsp3) is 0.0952. The molecule has 3 heterocycles. The van der Waals surface area contributed by atoms with E-state index in [1.165, 1.54) is 6.07 Å². The topological polar surface area (TPSA) is 73.9 Å². The number of hydrogen-bond donors (Lipinski definition) is 2. The quantitative estimate of drug-likeness (QED) is 0.571. The molecule has 0 unspecified atom stereocenters. The summed E-state index contributed by atoms with van der Waals surface area (Å²) < 4.78 is 14.3. The van der Waals surface area contributed by atoms with Crippen LogP contribution in [0, 0.1) is 5.82 Å². The number of H-pyrrole nitrogens is 1. The maximum atomic E-state index is 14.3. The van der Waals surface area contributed by atoms with Crippen LogP contribution in [0.2, 0.25) is 0 Å². The van der Waals surface area contributed by atoms with Crippen molar-refractivity contribution >= 4 is 22.8 Å². The van der Waals surface area contributed by atoms with E-state index in [2.05, 4.69) is 20.3 Å². The van der Waals surface area contributed by atoms with E-state index >= 15 is 0 Å². The van der Waals surface area contributed by atoms with Crippen molar-refractivity contribution in [3.8, 4) is 22.4 Å². The molecule has 1 saturated heterocycles. The van der Waals surface area contributed by atoms with Crippen LogP contribution in [0.4, 0.5) is 15.0 Å². The van der Waals surface area contributed by atoms with Gasteiger partial charge in [-0.05, 0) is 18.2 Å². The Bertz CT molecular complexity index is 1200. The molecule has 5 rings (SSSR count). The minimum absolute atomic E-state index is 0.172. The molecule has 0 atom stereocenters. The first-order valence-electron chi connectivity index (χ1n) is 8.94. The number of aromatic amines is 1. The summed E-state index contributed by atoms with van der Waals surface area (Å²) in [5, 5.41) is 3.66. The van der Waals surface area contributed by atoms with Crippen molar-refractivity contribution in [1.82, 2.24) is 20.3 Å². The van der Waals surface area contributed by atoms with Crippen LogP contribution in [0.1, 0.15) is 0 Å². The first-order chi connectivity index (χ1) is 13.7. The van der Waals surface area contributed by atoms with Gasteiger partial charge < -0.3 is 10.3 Å². The van der Waals surface area contributed by atoms with Crippen molar-refractivity contribution in [2.75, 3.05) is 18.0 Å². The number of urea groups is 1. The number of nitrogens with one attached hydrogen (secondary N) is 2. The van der Waals surface area contributed by atoms with Gasteiger partial charge in [-0.2, -0.15) is 0 Å². The SMILES string of the molecule is O=C1NCCN1c1cncc(-c2ccc3[nH]cc(-c4ccccc4F)c3c2)n1. The number of hydrogen-bond acceptors (Lipinski definition) is 3. The minimum Gasteiger partial charge on any atom is -0.361 e. The van der Waals surface area contributed by atoms with Crippen LogP contribution in [-0.2, 0) is 0 Å². The number of rotatable bonds is 3. The standard InChI is InChI=1S/C21H16FN5O/c22-17-4-2-1-3-14(17)16-10-25-18-6-5-13(9-15(16)18)19-11-23-12-20(26-19)27-8-7-24-21(27)28/h1-6,9-12,25H,7-8H2,(H,24,28). The second-order valence-electron chi connectivity index (χ2n) is 6.59. The van der Waals surface area contributed by atoms with Gasteiger partial charge >= 0.3 is 6.03 Å². The molecule has 1 aliphatic rings. The van der Waals surface area contributed by atoms with Gasteiger partial charge in [0.05, 0.1) is 18.1 Å². The summed E-state index contributed by atoms with van der Waals surface area (Å²) in [6.07, 6.45) is 5.05. The lowest BCUT2D eigenvalue weighted by Gasteiger charge is -2.13. The number of anilines is 1. The van der Waals surface area contributed by atoms with Crippen molar-refractivity contribution in [2.45, 2.75) is 0 Å². The van der Waals surface area contributed by atoms with E-state index in [4.69, 9.17) is 0 Å².